The molecule has 0 fully saturated rings. The quantitative estimate of drug-likeness (QED) is 0.880. The molecule has 1 aromatic carbocycles. The van der Waals surface area contributed by atoms with Gasteiger partial charge in [0, 0.05) is 0 Å². The maximum atomic E-state index is 6.88. The number of aromatic nitrogens is 2. The van der Waals surface area contributed by atoms with Crippen LogP contribution in [0.2, 0.25) is 0 Å². The van der Waals surface area contributed by atoms with E-state index >= 15 is 0 Å². The van der Waals surface area contributed by atoms with Gasteiger partial charge in [-0.25, -0.2) is 0 Å². The number of hydrogen-bond donors (Lipinski definition) is 1. The summed E-state index contributed by atoms with van der Waals surface area (Å²) >= 11 is 3.45. The Balaban J connectivity index is 2.21. The fraction of sp³-hybridized carbons (Fsp3) is 0.300. The van der Waals surface area contributed by atoms with Crippen molar-refractivity contribution >= 4 is 34.2 Å². The zero-order chi connectivity index (χ0) is 12.7. The van der Waals surface area contributed by atoms with Gasteiger partial charge in [0.2, 0.25) is 0 Å². The first-order chi connectivity index (χ1) is 8.72. The molecular weight excluding hydrogens is 301 g/mol. The van der Waals surface area contributed by atoms with E-state index < -0.39 is 0 Å². The summed E-state index contributed by atoms with van der Waals surface area (Å²) in [5, 5.41) is 6.88. The number of nitrogens with one attached hydrogen (secondary N) is 1. The molecule has 0 bridgehead atoms. The number of halogens is 1. The Bertz CT molecular complexity index is 643. The Morgan fingerprint density at radius 3 is 3.11 bits per heavy atom. The minimum absolute atomic E-state index is 0.204. The number of benzene rings is 1. The standard InChI is InChI=1S/C10H9BBrN3O3/c1-15-6-2-5(12)9-10(17-4-16-9)8(6)14-7(15)3-18-11-13/h2,13H,3-4H2,1H3. The number of fused-ring (bicyclic) bond motifs is 3. The molecule has 0 aliphatic carbocycles. The molecule has 0 saturated carbocycles. The van der Waals surface area contributed by atoms with Crippen molar-refractivity contribution in [2.75, 3.05) is 6.79 Å². The van der Waals surface area contributed by atoms with Crippen LogP contribution in [-0.4, -0.2) is 23.6 Å². The van der Waals surface area contributed by atoms with Gasteiger partial charge in [-0.1, -0.05) is 0 Å². The predicted octanol–water partition coefficient (Wildman–Crippen LogP) is 1.96. The van der Waals surface area contributed by atoms with E-state index in [1.807, 2.05) is 17.7 Å². The van der Waals surface area contributed by atoms with Crippen LogP contribution in [0.4, 0.5) is 0 Å². The molecule has 2 heterocycles. The van der Waals surface area contributed by atoms with Crippen molar-refractivity contribution in [3.63, 3.8) is 0 Å². The molecule has 0 radical (unpaired) electrons. The first-order valence-electron chi connectivity index (χ1n) is 5.26. The van der Waals surface area contributed by atoms with Crippen LogP contribution in [-0.2, 0) is 18.3 Å². The number of rotatable bonds is 3. The summed E-state index contributed by atoms with van der Waals surface area (Å²) < 4.78 is 18.5. The molecule has 1 aromatic heterocycles. The van der Waals surface area contributed by atoms with Crippen LogP contribution in [0.25, 0.3) is 11.0 Å². The summed E-state index contributed by atoms with van der Waals surface area (Å²) in [4.78, 5) is 4.47. The van der Waals surface area contributed by atoms with Crippen LogP contribution in [0.5, 0.6) is 11.5 Å². The number of nitrogens with zero attached hydrogens (tertiary/aromatic N) is 2. The summed E-state index contributed by atoms with van der Waals surface area (Å²) in [5.74, 6) is 2.06. The van der Waals surface area contributed by atoms with Crippen molar-refractivity contribution in [1.29, 1.82) is 5.31 Å². The molecule has 1 aliphatic rings. The average molecular weight is 310 g/mol. The van der Waals surface area contributed by atoms with E-state index in [1.165, 1.54) is 0 Å². The molecule has 92 valence electrons. The maximum absolute atomic E-state index is 6.88. The number of ether oxygens (including phenoxy) is 2. The molecular formula is C10H9BBrN3O3. The van der Waals surface area contributed by atoms with E-state index in [0.29, 0.717) is 11.5 Å². The van der Waals surface area contributed by atoms with Crippen molar-refractivity contribution < 1.29 is 14.1 Å². The molecule has 3 rings (SSSR count). The van der Waals surface area contributed by atoms with Gasteiger partial charge in [-0.3, -0.25) is 0 Å². The second-order valence-electron chi connectivity index (χ2n) is 3.81. The second-order valence-corrected chi connectivity index (χ2v) is 4.66. The molecule has 18 heavy (non-hydrogen) atoms. The van der Waals surface area contributed by atoms with E-state index in [2.05, 4.69) is 20.9 Å². The molecule has 0 spiro atoms. The molecule has 1 N–H and O–H groups in total. The van der Waals surface area contributed by atoms with Crippen molar-refractivity contribution in [1.82, 2.24) is 9.55 Å². The van der Waals surface area contributed by atoms with Crippen LogP contribution in [0, 0.1) is 5.31 Å². The van der Waals surface area contributed by atoms with Gasteiger partial charge in [0.15, 0.2) is 0 Å². The Hall–Kier alpha value is -1.57. The van der Waals surface area contributed by atoms with E-state index in [-0.39, 0.29) is 13.4 Å². The van der Waals surface area contributed by atoms with Gasteiger partial charge in [-0.05, 0) is 0 Å². The van der Waals surface area contributed by atoms with E-state index in [1.54, 1.807) is 0 Å². The molecule has 0 unspecified atom stereocenters. The number of hydrogen-bond acceptors (Lipinski definition) is 5. The third kappa shape index (κ3) is 1.59. The fourth-order valence-corrected chi connectivity index (χ4v) is 2.47. The minimum atomic E-state index is 0.204. The Morgan fingerprint density at radius 1 is 1.56 bits per heavy atom. The van der Waals surface area contributed by atoms with Gasteiger partial charge < -0.3 is 0 Å². The molecule has 8 heteroatoms. The zero-order valence-electron chi connectivity index (χ0n) is 9.57. The summed E-state index contributed by atoms with van der Waals surface area (Å²) in [5.41, 5.74) is 1.67. The van der Waals surface area contributed by atoms with Crippen LogP contribution < -0.4 is 9.47 Å². The second kappa shape index (κ2) is 4.27. The van der Waals surface area contributed by atoms with Crippen molar-refractivity contribution in [3.05, 3.63) is 16.4 Å². The van der Waals surface area contributed by atoms with Gasteiger partial charge in [0.25, 0.3) is 0 Å². The summed E-state index contributed by atoms with van der Waals surface area (Å²) in [6.45, 7) is 0.456. The van der Waals surface area contributed by atoms with E-state index in [9.17, 15) is 0 Å². The molecule has 2 aromatic rings. The van der Waals surface area contributed by atoms with Crippen LogP contribution in [0.15, 0.2) is 10.5 Å². The molecule has 0 amide bonds. The number of aryl methyl sites for hydroxylation is 1. The summed E-state index contributed by atoms with van der Waals surface area (Å²) in [7, 11) is 2.80. The van der Waals surface area contributed by atoms with Crippen molar-refractivity contribution in [2.24, 2.45) is 7.05 Å². The topological polar surface area (TPSA) is 69.4 Å². The normalized spacial score (nSPS) is 12.8. The first kappa shape index (κ1) is 11.5. The zero-order valence-corrected chi connectivity index (χ0v) is 11.2. The Morgan fingerprint density at radius 2 is 2.33 bits per heavy atom. The molecule has 1 aliphatic heterocycles. The number of imidazole rings is 1. The van der Waals surface area contributed by atoms with Gasteiger partial charge >= 0.3 is 112 Å². The SMILES string of the molecule is Cn1c(COB=N)nc2c3c(c(Br)cc21)OCO3. The van der Waals surface area contributed by atoms with Crippen LogP contribution in [0.3, 0.4) is 0 Å². The molecule has 6 nitrogen and oxygen atoms in total. The summed E-state index contributed by atoms with van der Waals surface area (Å²) in [6, 6.07) is 1.93. The predicted molar refractivity (Wildman–Crippen MR) is 67.8 cm³/mol. The van der Waals surface area contributed by atoms with Crippen LogP contribution >= 0.6 is 15.9 Å². The fourth-order valence-electron chi connectivity index (χ4n) is 1.95. The van der Waals surface area contributed by atoms with Gasteiger partial charge in [-0.15, -0.1) is 0 Å². The van der Waals surface area contributed by atoms with E-state index in [4.69, 9.17) is 19.4 Å². The van der Waals surface area contributed by atoms with Gasteiger partial charge in [-0.2, -0.15) is 0 Å². The monoisotopic (exact) mass is 309 g/mol. The first-order valence-corrected chi connectivity index (χ1v) is 6.05. The Kier molecular flexibility index (Phi) is 2.73. The van der Waals surface area contributed by atoms with Crippen molar-refractivity contribution in [3.8, 4) is 11.5 Å². The van der Waals surface area contributed by atoms with Crippen molar-refractivity contribution in [2.45, 2.75) is 6.61 Å². The average Bonchev–Trinajstić information content (AvgIpc) is 2.94. The third-order valence-corrected chi connectivity index (χ3v) is 3.42. The Labute approximate surface area is 112 Å². The molecule has 0 atom stereocenters. The third-order valence-electron chi connectivity index (χ3n) is 2.84. The van der Waals surface area contributed by atoms with Gasteiger partial charge in [0.05, 0.1) is 0 Å². The molecule has 0 saturated heterocycles. The van der Waals surface area contributed by atoms with Crippen LogP contribution in [0.1, 0.15) is 5.82 Å². The van der Waals surface area contributed by atoms with Gasteiger partial charge in [0.1, 0.15) is 0 Å². The summed E-state index contributed by atoms with van der Waals surface area (Å²) in [6.07, 6.45) is 0. The van der Waals surface area contributed by atoms with E-state index in [0.717, 1.165) is 28.6 Å².